The molecule has 0 heterocycles. The van der Waals surface area contributed by atoms with E-state index in [9.17, 15) is 9.90 Å². The first-order valence-electron chi connectivity index (χ1n) is 4.68. The van der Waals surface area contributed by atoms with Gasteiger partial charge in [0.05, 0.1) is 6.10 Å². The Hall–Kier alpha value is -0.570. The van der Waals surface area contributed by atoms with Crippen LogP contribution in [0.25, 0.3) is 0 Å². The molecule has 1 aliphatic rings. The van der Waals surface area contributed by atoms with Crippen LogP contribution in [0.3, 0.4) is 0 Å². The van der Waals surface area contributed by atoms with Crippen molar-refractivity contribution in [3.63, 3.8) is 0 Å². The number of hydrogen-bond donors (Lipinski definition) is 2. The molecule has 3 heteroatoms. The Bertz CT molecular complexity index is 138. The summed E-state index contributed by atoms with van der Waals surface area (Å²) in [5.74, 6) is 0.688. The molecule has 0 bridgehead atoms. The smallest absolute Gasteiger partial charge is 0.207 e. The van der Waals surface area contributed by atoms with E-state index in [1.165, 1.54) is 0 Å². The second-order valence-corrected chi connectivity index (χ2v) is 3.55. The Balaban J connectivity index is 1.96. The Morgan fingerprint density at radius 1 is 1.50 bits per heavy atom. The first-order chi connectivity index (χ1) is 5.83. The number of aliphatic hydroxyl groups excluding tert-OH is 1. The van der Waals surface area contributed by atoms with E-state index in [2.05, 4.69) is 5.32 Å². The molecule has 0 aromatic carbocycles. The second kappa shape index (κ2) is 5.14. The van der Waals surface area contributed by atoms with Crippen molar-refractivity contribution in [3.8, 4) is 0 Å². The molecular weight excluding hydrogens is 154 g/mol. The summed E-state index contributed by atoms with van der Waals surface area (Å²) in [4.78, 5) is 9.90. The van der Waals surface area contributed by atoms with Gasteiger partial charge in [-0.05, 0) is 38.0 Å². The normalized spacial score (nSPS) is 28.8. The molecule has 0 spiro atoms. The molecule has 2 atom stereocenters. The Morgan fingerprint density at radius 2 is 2.33 bits per heavy atom. The van der Waals surface area contributed by atoms with Gasteiger partial charge in [0.25, 0.3) is 0 Å². The van der Waals surface area contributed by atoms with Gasteiger partial charge in [0.2, 0.25) is 6.41 Å². The predicted octanol–water partition coefficient (Wildman–Crippen LogP) is 0.674. The van der Waals surface area contributed by atoms with Gasteiger partial charge in [0.1, 0.15) is 0 Å². The minimum absolute atomic E-state index is 0.0611. The number of amides is 1. The summed E-state index contributed by atoms with van der Waals surface area (Å²) >= 11 is 0. The van der Waals surface area contributed by atoms with Crippen molar-refractivity contribution in [3.05, 3.63) is 0 Å². The van der Waals surface area contributed by atoms with E-state index < -0.39 is 0 Å². The van der Waals surface area contributed by atoms with Crippen molar-refractivity contribution in [1.82, 2.24) is 5.32 Å². The van der Waals surface area contributed by atoms with Crippen LogP contribution in [0.2, 0.25) is 0 Å². The van der Waals surface area contributed by atoms with Gasteiger partial charge >= 0.3 is 0 Å². The van der Waals surface area contributed by atoms with Crippen LogP contribution < -0.4 is 5.32 Å². The first-order valence-corrected chi connectivity index (χ1v) is 4.68. The van der Waals surface area contributed by atoms with E-state index in [0.29, 0.717) is 5.92 Å². The van der Waals surface area contributed by atoms with Crippen LogP contribution in [0.15, 0.2) is 0 Å². The SMILES string of the molecule is O=CNCCCC1CCC(O)C1. The lowest BCUT2D eigenvalue weighted by molar-refractivity contribution is -0.109. The first kappa shape index (κ1) is 9.52. The monoisotopic (exact) mass is 171 g/mol. The van der Waals surface area contributed by atoms with E-state index >= 15 is 0 Å². The highest BCUT2D eigenvalue weighted by atomic mass is 16.3. The van der Waals surface area contributed by atoms with Gasteiger partial charge in [-0.25, -0.2) is 0 Å². The summed E-state index contributed by atoms with van der Waals surface area (Å²) in [5.41, 5.74) is 0. The van der Waals surface area contributed by atoms with Gasteiger partial charge in [-0.2, -0.15) is 0 Å². The maximum atomic E-state index is 9.90. The molecule has 0 aromatic heterocycles. The number of rotatable bonds is 5. The zero-order valence-corrected chi connectivity index (χ0v) is 7.33. The van der Waals surface area contributed by atoms with Gasteiger partial charge in [-0.1, -0.05) is 0 Å². The molecule has 2 unspecified atom stereocenters. The van der Waals surface area contributed by atoms with Crippen LogP contribution in [0.4, 0.5) is 0 Å². The van der Waals surface area contributed by atoms with Gasteiger partial charge in [-0.15, -0.1) is 0 Å². The summed E-state index contributed by atoms with van der Waals surface area (Å²) in [6.45, 7) is 0.774. The lowest BCUT2D eigenvalue weighted by atomic mass is 10.0. The average Bonchev–Trinajstić information content (AvgIpc) is 2.45. The predicted molar refractivity (Wildman–Crippen MR) is 46.6 cm³/mol. The van der Waals surface area contributed by atoms with Crippen LogP contribution in [-0.4, -0.2) is 24.2 Å². The zero-order valence-electron chi connectivity index (χ0n) is 7.33. The molecule has 1 saturated carbocycles. The lowest BCUT2D eigenvalue weighted by Crippen LogP contribution is -2.13. The molecule has 12 heavy (non-hydrogen) atoms. The highest BCUT2D eigenvalue weighted by Gasteiger charge is 2.21. The zero-order chi connectivity index (χ0) is 8.81. The van der Waals surface area contributed by atoms with E-state index in [-0.39, 0.29) is 6.10 Å². The van der Waals surface area contributed by atoms with E-state index in [0.717, 1.165) is 45.1 Å². The highest BCUT2D eigenvalue weighted by Crippen LogP contribution is 2.28. The van der Waals surface area contributed by atoms with Crippen molar-refractivity contribution < 1.29 is 9.90 Å². The number of nitrogens with one attached hydrogen (secondary N) is 1. The minimum Gasteiger partial charge on any atom is -0.393 e. The van der Waals surface area contributed by atoms with Crippen molar-refractivity contribution in [1.29, 1.82) is 0 Å². The van der Waals surface area contributed by atoms with Crippen LogP contribution in [0, 0.1) is 5.92 Å². The Morgan fingerprint density at radius 3 is 2.92 bits per heavy atom. The fraction of sp³-hybridized carbons (Fsp3) is 0.889. The van der Waals surface area contributed by atoms with Crippen molar-refractivity contribution in [2.24, 2.45) is 5.92 Å². The van der Waals surface area contributed by atoms with Crippen molar-refractivity contribution in [2.75, 3.05) is 6.54 Å². The molecule has 70 valence electrons. The van der Waals surface area contributed by atoms with Crippen molar-refractivity contribution >= 4 is 6.41 Å². The molecule has 0 radical (unpaired) electrons. The third kappa shape index (κ3) is 3.22. The third-order valence-corrected chi connectivity index (χ3v) is 2.53. The molecule has 2 N–H and O–H groups in total. The molecular formula is C9H17NO2. The quantitative estimate of drug-likeness (QED) is 0.472. The number of carbonyl (C=O) groups excluding carboxylic acids is 1. The Kier molecular flexibility index (Phi) is 4.08. The molecule has 0 aromatic rings. The lowest BCUT2D eigenvalue weighted by Gasteiger charge is -2.07. The largest absolute Gasteiger partial charge is 0.393 e. The topological polar surface area (TPSA) is 49.3 Å². The maximum absolute atomic E-state index is 9.90. The highest BCUT2D eigenvalue weighted by molar-refractivity contribution is 5.45. The summed E-state index contributed by atoms with van der Waals surface area (Å²) in [6.07, 6.45) is 5.93. The average molecular weight is 171 g/mol. The van der Waals surface area contributed by atoms with E-state index in [1.54, 1.807) is 0 Å². The molecule has 3 nitrogen and oxygen atoms in total. The molecule has 1 fully saturated rings. The maximum Gasteiger partial charge on any atom is 0.207 e. The summed E-state index contributed by atoms with van der Waals surface area (Å²) < 4.78 is 0. The molecule has 1 amide bonds. The van der Waals surface area contributed by atoms with Crippen LogP contribution in [0.5, 0.6) is 0 Å². The molecule has 0 aliphatic heterocycles. The molecule has 1 rings (SSSR count). The van der Waals surface area contributed by atoms with Gasteiger partial charge in [-0.3, -0.25) is 4.79 Å². The number of hydrogen-bond acceptors (Lipinski definition) is 2. The molecule has 1 aliphatic carbocycles. The van der Waals surface area contributed by atoms with Gasteiger partial charge in [0.15, 0.2) is 0 Å². The van der Waals surface area contributed by atoms with Gasteiger partial charge in [0, 0.05) is 6.54 Å². The standard InChI is InChI=1S/C9H17NO2/c11-7-10-5-1-2-8-3-4-9(12)6-8/h7-9,12H,1-6H2,(H,10,11). The summed E-state index contributed by atoms with van der Waals surface area (Å²) in [6, 6.07) is 0. The van der Waals surface area contributed by atoms with E-state index in [4.69, 9.17) is 0 Å². The van der Waals surface area contributed by atoms with Crippen LogP contribution in [0.1, 0.15) is 32.1 Å². The Labute approximate surface area is 73.2 Å². The third-order valence-electron chi connectivity index (χ3n) is 2.53. The van der Waals surface area contributed by atoms with Gasteiger partial charge < -0.3 is 10.4 Å². The van der Waals surface area contributed by atoms with Crippen LogP contribution >= 0.6 is 0 Å². The fourth-order valence-electron chi connectivity index (χ4n) is 1.86. The number of aliphatic hydroxyl groups is 1. The molecule has 0 saturated heterocycles. The van der Waals surface area contributed by atoms with Crippen LogP contribution in [-0.2, 0) is 4.79 Å². The minimum atomic E-state index is -0.0611. The van der Waals surface area contributed by atoms with Crippen molar-refractivity contribution in [2.45, 2.75) is 38.2 Å². The van der Waals surface area contributed by atoms with E-state index in [1.807, 2.05) is 0 Å². The fourth-order valence-corrected chi connectivity index (χ4v) is 1.86. The summed E-state index contributed by atoms with van der Waals surface area (Å²) in [5, 5.41) is 11.9. The number of carbonyl (C=O) groups is 1. The summed E-state index contributed by atoms with van der Waals surface area (Å²) in [7, 11) is 0. The second-order valence-electron chi connectivity index (χ2n) is 3.55.